The molecule has 1 aromatic carbocycles. The molecule has 7 nitrogen and oxygen atoms in total. The van der Waals surface area contributed by atoms with Crippen LogP contribution >= 0.6 is 11.6 Å². The second kappa shape index (κ2) is 7.14. The number of nitrogens with zero attached hydrogens (tertiary/aromatic N) is 2. The van der Waals surface area contributed by atoms with Crippen LogP contribution in [0.4, 0.5) is 5.82 Å². The zero-order chi connectivity index (χ0) is 25.3. The van der Waals surface area contributed by atoms with Crippen LogP contribution in [0.1, 0.15) is 51.0 Å². The maximum Gasteiger partial charge on any atom is 0.153 e. The third-order valence-electron chi connectivity index (χ3n) is 10.5. The summed E-state index contributed by atoms with van der Waals surface area (Å²) in [6.45, 7) is 2.38. The van der Waals surface area contributed by atoms with Crippen molar-refractivity contribution in [2.24, 2.45) is 11.3 Å². The van der Waals surface area contributed by atoms with Gasteiger partial charge < -0.3 is 25.6 Å². The van der Waals surface area contributed by atoms with Crippen LogP contribution in [0, 0.1) is 11.3 Å². The number of fused-ring (bicyclic) bond motifs is 2. The van der Waals surface area contributed by atoms with Crippen molar-refractivity contribution in [2.45, 2.75) is 79.8 Å². The normalized spacial score (nSPS) is 45.3. The second-order valence-corrected chi connectivity index (χ2v) is 13.0. The number of hydrogen-bond donors (Lipinski definition) is 4. The first kappa shape index (κ1) is 23.2. The summed E-state index contributed by atoms with van der Waals surface area (Å²) in [7, 11) is 3.92. The lowest BCUT2D eigenvalue weighted by Gasteiger charge is -2.61. The maximum absolute atomic E-state index is 11.2. The highest BCUT2D eigenvalue weighted by atomic mass is 35.5. The van der Waals surface area contributed by atoms with E-state index in [1.165, 1.54) is 11.1 Å². The van der Waals surface area contributed by atoms with E-state index in [0.29, 0.717) is 12.2 Å². The number of alkyl halides is 1. The Hall–Kier alpha value is -1.90. The highest BCUT2D eigenvalue weighted by Gasteiger charge is 2.73. The zero-order valence-electron chi connectivity index (χ0n) is 21.1. The first-order valence-electron chi connectivity index (χ1n) is 13.1. The summed E-state index contributed by atoms with van der Waals surface area (Å²) < 4.78 is 7.26. The van der Waals surface area contributed by atoms with Gasteiger partial charge in [0, 0.05) is 17.3 Å². The summed E-state index contributed by atoms with van der Waals surface area (Å²) in [5, 5.41) is 30.3. The van der Waals surface area contributed by atoms with Gasteiger partial charge in [0.1, 0.15) is 6.10 Å². The Kier molecular flexibility index (Phi) is 4.61. The number of nitrogen functional groups attached to an aromatic ring is 1. The smallest absolute Gasteiger partial charge is 0.153 e. The minimum atomic E-state index is -0.962. The summed E-state index contributed by atoms with van der Waals surface area (Å²) >= 11 is 7.54. The molecule has 8 unspecified atom stereocenters. The molecule has 2 aliphatic heterocycles. The average Bonchev–Trinajstić information content (AvgIpc) is 3.50. The van der Waals surface area contributed by atoms with Crippen molar-refractivity contribution in [1.82, 2.24) is 15.1 Å². The molecule has 3 heterocycles. The number of aliphatic hydroxyl groups is 2. The van der Waals surface area contributed by atoms with Crippen molar-refractivity contribution in [3.63, 3.8) is 0 Å². The van der Waals surface area contributed by atoms with E-state index in [9.17, 15) is 10.2 Å². The Balaban J connectivity index is 1.30. The van der Waals surface area contributed by atoms with E-state index in [0.717, 1.165) is 48.6 Å². The number of likely N-dealkylation sites (N-methyl/N-ethyl adjacent to an activating group) is 1. The number of allylic oxidation sites excluding steroid dienone is 2. The first-order chi connectivity index (χ1) is 17.0. The van der Waals surface area contributed by atoms with Crippen LogP contribution in [0.5, 0.6) is 0 Å². The minimum absolute atomic E-state index is 0.0881. The van der Waals surface area contributed by atoms with E-state index in [2.05, 4.69) is 47.5 Å². The number of aromatic amines is 1. The van der Waals surface area contributed by atoms with Crippen LogP contribution in [-0.4, -0.2) is 73.7 Å². The number of nitrogens with two attached hydrogens (primary N) is 1. The molecule has 7 rings (SSSR count). The zero-order valence-corrected chi connectivity index (χ0v) is 21.8. The molecule has 0 amide bonds. The number of benzene rings is 1. The number of hydrogen-bond acceptors (Lipinski definition) is 6. The molecule has 192 valence electrons. The molecule has 1 saturated heterocycles. The Morgan fingerprint density at radius 3 is 2.78 bits per heavy atom. The van der Waals surface area contributed by atoms with Gasteiger partial charge in [0.15, 0.2) is 5.82 Å². The molecular formula is C28H35ClN4O3. The standard InChI is InChI=1S/C28H35ClN4O3/c1-25-8-10-27(29)13-18-22(34)23(35)20(33(2)3)14-26(18)9-11-28(27,36-26)21(25)7-5-17(25)15-4-6-19-16(12-15)24(30)32-31-19/h4-6,12-13,20-23,34-35H,7-11,14H2,1-3H3,(H3,30,31,32). The summed E-state index contributed by atoms with van der Waals surface area (Å²) in [5.41, 5.74) is 9.22. The number of halogens is 1. The van der Waals surface area contributed by atoms with Crippen molar-refractivity contribution in [3.05, 3.63) is 41.5 Å². The average molecular weight is 511 g/mol. The van der Waals surface area contributed by atoms with Crippen LogP contribution in [0.25, 0.3) is 16.5 Å². The van der Waals surface area contributed by atoms with E-state index in [4.69, 9.17) is 22.1 Å². The van der Waals surface area contributed by atoms with Crippen molar-refractivity contribution >= 4 is 33.9 Å². The molecule has 2 aromatic rings. The summed E-state index contributed by atoms with van der Waals surface area (Å²) in [6, 6.07) is 6.21. The van der Waals surface area contributed by atoms with E-state index in [1.807, 2.05) is 19.0 Å². The molecule has 36 heavy (non-hydrogen) atoms. The van der Waals surface area contributed by atoms with Crippen LogP contribution < -0.4 is 5.73 Å². The fourth-order valence-electron chi connectivity index (χ4n) is 8.63. The van der Waals surface area contributed by atoms with Gasteiger partial charge in [-0.2, -0.15) is 5.10 Å². The van der Waals surface area contributed by atoms with Gasteiger partial charge >= 0.3 is 0 Å². The van der Waals surface area contributed by atoms with Crippen LogP contribution in [0.2, 0.25) is 0 Å². The third kappa shape index (κ3) is 2.66. The largest absolute Gasteiger partial charge is 0.388 e. The number of H-pyrrole nitrogens is 1. The van der Waals surface area contributed by atoms with Gasteiger partial charge in [-0.05, 0) is 86.9 Å². The van der Waals surface area contributed by atoms with Gasteiger partial charge in [-0.3, -0.25) is 5.10 Å². The fraction of sp³-hybridized carbons (Fsp3) is 0.607. The van der Waals surface area contributed by atoms with E-state index >= 15 is 0 Å². The van der Waals surface area contributed by atoms with E-state index in [1.54, 1.807) is 0 Å². The van der Waals surface area contributed by atoms with Crippen molar-refractivity contribution in [1.29, 1.82) is 0 Å². The third-order valence-corrected chi connectivity index (χ3v) is 11.2. The SMILES string of the molecule is CN(C)C1CC23CCC4(O2)C2CC=C(c5ccc6[nH]nc(N)c6c5)C2(C)CCC4(Cl)C=C3C(O)C1O. The van der Waals surface area contributed by atoms with E-state index < -0.39 is 28.3 Å². The molecule has 8 atom stereocenters. The quantitative estimate of drug-likeness (QED) is 0.363. The molecule has 2 spiro atoms. The number of aliphatic hydroxyl groups excluding tert-OH is 2. The molecule has 0 radical (unpaired) electrons. The maximum atomic E-state index is 11.2. The highest BCUT2D eigenvalue weighted by Crippen LogP contribution is 2.71. The molecule has 3 aliphatic carbocycles. The molecule has 5 N–H and O–H groups in total. The highest BCUT2D eigenvalue weighted by molar-refractivity contribution is 6.26. The van der Waals surface area contributed by atoms with Crippen LogP contribution in [0.15, 0.2) is 35.9 Å². The topological polar surface area (TPSA) is 108 Å². The Labute approximate surface area is 216 Å². The Bertz CT molecular complexity index is 1340. The van der Waals surface area contributed by atoms with Gasteiger partial charge in [-0.1, -0.05) is 25.1 Å². The molecule has 2 saturated carbocycles. The van der Waals surface area contributed by atoms with Crippen LogP contribution in [0.3, 0.4) is 0 Å². The predicted octanol–water partition coefficient (Wildman–Crippen LogP) is 3.61. The lowest BCUT2D eigenvalue weighted by atomic mass is 9.54. The van der Waals surface area contributed by atoms with Crippen LogP contribution in [-0.2, 0) is 4.74 Å². The lowest BCUT2D eigenvalue weighted by molar-refractivity contribution is -0.199. The molecule has 8 heteroatoms. The van der Waals surface area contributed by atoms with Gasteiger partial charge in [-0.25, -0.2) is 0 Å². The van der Waals surface area contributed by atoms with Crippen molar-refractivity contribution < 1.29 is 14.9 Å². The number of nitrogens with one attached hydrogen (secondary N) is 1. The number of rotatable bonds is 2. The Morgan fingerprint density at radius 2 is 2.00 bits per heavy atom. The number of aromatic nitrogens is 2. The number of anilines is 1. The van der Waals surface area contributed by atoms with E-state index in [-0.39, 0.29) is 17.4 Å². The molecular weight excluding hydrogens is 476 g/mol. The molecule has 3 fully saturated rings. The first-order valence-corrected chi connectivity index (χ1v) is 13.5. The van der Waals surface area contributed by atoms with Gasteiger partial charge in [0.05, 0.1) is 27.7 Å². The Morgan fingerprint density at radius 1 is 1.19 bits per heavy atom. The minimum Gasteiger partial charge on any atom is -0.388 e. The van der Waals surface area contributed by atoms with Crippen molar-refractivity contribution in [2.75, 3.05) is 19.8 Å². The van der Waals surface area contributed by atoms with Gasteiger partial charge in [0.25, 0.3) is 0 Å². The fourth-order valence-corrected chi connectivity index (χ4v) is 9.11. The molecule has 2 bridgehead atoms. The monoisotopic (exact) mass is 510 g/mol. The number of ether oxygens (including phenoxy) is 1. The summed E-state index contributed by atoms with van der Waals surface area (Å²) in [6.07, 6.45) is 7.61. The van der Waals surface area contributed by atoms with Gasteiger partial charge in [0.2, 0.25) is 0 Å². The lowest BCUT2D eigenvalue weighted by Crippen LogP contribution is -2.68. The predicted molar refractivity (Wildman–Crippen MR) is 140 cm³/mol. The summed E-state index contributed by atoms with van der Waals surface area (Å²) in [5.74, 6) is 0.747. The molecule has 5 aliphatic rings. The molecule has 1 aromatic heterocycles. The van der Waals surface area contributed by atoms with Gasteiger partial charge in [-0.15, -0.1) is 11.6 Å². The van der Waals surface area contributed by atoms with Crippen molar-refractivity contribution in [3.8, 4) is 0 Å². The summed E-state index contributed by atoms with van der Waals surface area (Å²) in [4.78, 5) is 1.31. The second-order valence-electron chi connectivity index (χ2n) is 12.3.